The van der Waals surface area contributed by atoms with Gasteiger partial charge in [-0.15, -0.1) is 0 Å². The zero-order valence-electron chi connectivity index (χ0n) is 17.6. The normalized spacial score (nSPS) is 12.1. The molecule has 1 heterocycles. The molecular formula is C26H25O3S+. The summed E-state index contributed by atoms with van der Waals surface area (Å²) < 4.78 is 12.4. The summed E-state index contributed by atoms with van der Waals surface area (Å²) in [6.07, 6.45) is -0.710. The number of carbonyl (C=O) groups excluding carboxylic acids is 1. The second kappa shape index (κ2) is 7.96. The van der Waals surface area contributed by atoms with Crippen molar-refractivity contribution in [3.8, 4) is 10.6 Å². The first-order valence-corrected chi connectivity index (χ1v) is 11.2. The van der Waals surface area contributed by atoms with Gasteiger partial charge in [0.1, 0.15) is 16.7 Å². The summed E-state index contributed by atoms with van der Waals surface area (Å²) in [5.74, 6) is 0.472. The van der Waals surface area contributed by atoms with E-state index in [1.165, 1.54) is 20.5 Å². The van der Waals surface area contributed by atoms with E-state index < -0.39 is 11.8 Å². The van der Waals surface area contributed by atoms with Crippen molar-refractivity contribution in [2.24, 2.45) is 0 Å². The molecule has 4 aromatic rings. The van der Waals surface area contributed by atoms with Gasteiger partial charge < -0.3 is 9.47 Å². The fourth-order valence-electron chi connectivity index (χ4n) is 3.48. The molecule has 0 saturated carbocycles. The highest BCUT2D eigenvalue weighted by atomic mass is 32.2. The van der Waals surface area contributed by atoms with Gasteiger partial charge in [0, 0.05) is 33.6 Å². The molecule has 0 N–H and O–H groups in total. The number of aryl methyl sites for hydroxylation is 2. The molecule has 0 aliphatic carbocycles. The summed E-state index contributed by atoms with van der Waals surface area (Å²) in [6.45, 7) is 7.89. The molecule has 4 rings (SSSR count). The molecule has 3 aromatic carbocycles. The Kier molecular flexibility index (Phi) is 5.35. The maximum atomic E-state index is 12.4. The van der Waals surface area contributed by atoms with Crippen LogP contribution in [0.1, 0.15) is 30.5 Å². The molecule has 30 heavy (non-hydrogen) atoms. The SMILES string of the molecule is Cc1ccc(C(C)(C)OC(=O)Oc2ccc(-[s+]3cc(C)c4ccccc43)cc2)cc1. The average Bonchev–Trinajstić information content (AvgIpc) is 3.05. The molecule has 0 aliphatic rings. The van der Waals surface area contributed by atoms with Gasteiger partial charge >= 0.3 is 6.16 Å². The lowest BCUT2D eigenvalue weighted by atomic mass is 9.97. The smallest absolute Gasteiger partial charge is 0.423 e. The standard InChI is InChI=1S/C26H25O3S/c1-18-9-11-20(12-10-18)26(3,4)29-25(27)28-21-13-15-22(16-14-21)30-17-19(2)23-7-5-6-8-24(23)30/h5-17H,1-4H3/q+1. The topological polar surface area (TPSA) is 35.5 Å². The van der Waals surface area contributed by atoms with Crippen molar-refractivity contribution < 1.29 is 14.3 Å². The fraction of sp³-hybridized carbons (Fsp3) is 0.192. The van der Waals surface area contributed by atoms with E-state index in [1.54, 1.807) is 0 Å². The summed E-state index contributed by atoms with van der Waals surface area (Å²) in [6, 6.07) is 24.1. The van der Waals surface area contributed by atoms with Crippen LogP contribution < -0.4 is 4.74 Å². The Morgan fingerprint density at radius 2 is 1.53 bits per heavy atom. The summed E-state index contributed by atoms with van der Waals surface area (Å²) in [7, 11) is -0.0932. The van der Waals surface area contributed by atoms with Crippen molar-refractivity contribution in [1.82, 2.24) is 0 Å². The van der Waals surface area contributed by atoms with Crippen molar-refractivity contribution in [3.63, 3.8) is 0 Å². The Morgan fingerprint density at radius 3 is 2.23 bits per heavy atom. The highest BCUT2D eigenvalue weighted by Crippen LogP contribution is 2.42. The van der Waals surface area contributed by atoms with Crippen molar-refractivity contribution >= 4 is 26.7 Å². The number of fused-ring (bicyclic) bond motifs is 1. The van der Waals surface area contributed by atoms with Gasteiger partial charge in [0.25, 0.3) is 0 Å². The van der Waals surface area contributed by atoms with E-state index >= 15 is 0 Å². The molecule has 0 radical (unpaired) electrons. The maximum absolute atomic E-state index is 12.4. The lowest BCUT2D eigenvalue weighted by molar-refractivity contribution is 0.00637. The van der Waals surface area contributed by atoms with Gasteiger partial charge in [0.05, 0.1) is 0 Å². The van der Waals surface area contributed by atoms with Crippen molar-refractivity contribution in [2.45, 2.75) is 33.3 Å². The highest BCUT2D eigenvalue weighted by molar-refractivity contribution is 7.43. The molecule has 1 aromatic heterocycles. The molecule has 0 bridgehead atoms. The zero-order chi connectivity index (χ0) is 21.3. The number of benzene rings is 3. The van der Waals surface area contributed by atoms with Crippen LogP contribution in [0.15, 0.2) is 78.2 Å². The van der Waals surface area contributed by atoms with E-state index in [1.807, 2.05) is 69.3 Å². The minimum absolute atomic E-state index is 0.0932. The highest BCUT2D eigenvalue weighted by Gasteiger charge is 2.26. The summed E-state index contributed by atoms with van der Waals surface area (Å²) in [4.78, 5) is 13.6. The Bertz CT molecular complexity index is 1190. The van der Waals surface area contributed by atoms with Crippen LogP contribution in [-0.2, 0) is 10.3 Å². The van der Waals surface area contributed by atoms with Crippen LogP contribution in [0, 0.1) is 13.8 Å². The number of hydrogen-bond donors (Lipinski definition) is 0. The number of rotatable bonds is 4. The van der Waals surface area contributed by atoms with E-state index in [0.717, 1.165) is 11.1 Å². The molecule has 152 valence electrons. The molecule has 0 saturated heterocycles. The number of ether oxygens (including phenoxy) is 2. The molecule has 0 aliphatic heterocycles. The number of carbonyl (C=O) groups is 1. The van der Waals surface area contributed by atoms with Crippen LogP contribution in [-0.4, -0.2) is 6.16 Å². The Labute approximate surface area is 179 Å². The third-order valence-electron chi connectivity index (χ3n) is 5.21. The maximum Gasteiger partial charge on any atom is 0.514 e. The molecule has 0 spiro atoms. The molecule has 1 unspecified atom stereocenters. The van der Waals surface area contributed by atoms with Gasteiger partial charge in [0.2, 0.25) is 0 Å². The summed E-state index contributed by atoms with van der Waals surface area (Å²) >= 11 is 0. The first-order chi connectivity index (χ1) is 14.3. The minimum atomic E-state index is -0.776. The minimum Gasteiger partial charge on any atom is -0.423 e. The van der Waals surface area contributed by atoms with Crippen LogP contribution in [0.2, 0.25) is 0 Å². The molecule has 1 atom stereocenters. The van der Waals surface area contributed by atoms with Gasteiger partial charge in [-0.2, -0.15) is 0 Å². The Morgan fingerprint density at radius 1 is 0.867 bits per heavy atom. The van der Waals surface area contributed by atoms with E-state index in [-0.39, 0.29) is 10.5 Å². The van der Waals surface area contributed by atoms with E-state index in [9.17, 15) is 4.79 Å². The van der Waals surface area contributed by atoms with E-state index in [0.29, 0.717) is 5.75 Å². The van der Waals surface area contributed by atoms with Crippen molar-refractivity contribution in [1.29, 1.82) is 0 Å². The first-order valence-electron chi connectivity index (χ1n) is 9.92. The third kappa shape index (κ3) is 4.10. The summed E-state index contributed by atoms with van der Waals surface area (Å²) in [5, 5.41) is 3.61. The predicted octanol–water partition coefficient (Wildman–Crippen LogP) is 7.65. The third-order valence-corrected chi connectivity index (χ3v) is 7.41. The molecule has 4 heteroatoms. The van der Waals surface area contributed by atoms with Crippen molar-refractivity contribution in [2.75, 3.05) is 0 Å². The molecule has 3 nitrogen and oxygen atoms in total. The van der Waals surface area contributed by atoms with E-state index in [4.69, 9.17) is 9.47 Å². The Balaban J connectivity index is 1.48. The average molecular weight is 418 g/mol. The molecule has 0 fully saturated rings. The lowest BCUT2D eigenvalue weighted by Crippen LogP contribution is -2.27. The first kappa shape index (κ1) is 20.2. The number of hydrogen-bond acceptors (Lipinski definition) is 3. The van der Waals surface area contributed by atoms with E-state index in [2.05, 4.69) is 36.6 Å². The monoisotopic (exact) mass is 417 g/mol. The van der Waals surface area contributed by atoms with Gasteiger partial charge in [-0.25, -0.2) is 4.79 Å². The van der Waals surface area contributed by atoms with Crippen molar-refractivity contribution in [3.05, 3.63) is 94.9 Å². The lowest BCUT2D eigenvalue weighted by Gasteiger charge is -2.25. The number of thiophene rings is 1. The van der Waals surface area contributed by atoms with Gasteiger partial charge in [-0.3, -0.25) is 0 Å². The van der Waals surface area contributed by atoms with Gasteiger partial charge in [0.15, 0.2) is 9.60 Å². The van der Waals surface area contributed by atoms with Crippen LogP contribution >= 0.6 is 10.5 Å². The summed E-state index contributed by atoms with van der Waals surface area (Å²) in [5.41, 5.74) is 2.61. The predicted molar refractivity (Wildman–Crippen MR) is 124 cm³/mol. The largest absolute Gasteiger partial charge is 0.514 e. The van der Waals surface area contributed by atoms with Gasteiger partial charge in [-0.05, 0) is 57.5 Å². The zero-order valence-corrected chi connectivity index (χ0v) is 18.5. The van der Waals surface area contributed by atoms with Crippen LogP contribution in [0.4, 0.5) is 4.79 Å². The Hall–Kier alpha value is -3.11. The van der Waals surface area contributed by atoms with Crippen LogP contribution in [0.5, 0.6) is 5.75 Å². The van der Waals surface area contributed by atoms with Gasteiger partial charge in [-0.1, -0.05) is 42.0 Å². The second-order valence-electron chi connectivity index (χ2n) is 7.94. The molecule has 0 amide bonds. The van der Waals surface area contributed by atoms with Crippen LogP contribution in [0.3, 0.4) is 0 Å². The fourth-order valence-corrected chi connectivity index (χ4v) is 5.59. The second-order valence-corrected chi connectivity index (χ2v) is 9.76. The van der Waals surface area contributed by atoms with Crippen LogP contribution in [0.25, 0.3) is 15.0 Å². The quantitative estimate of drug-likeness (QED) is 0.194. The molecular weight excluding hydrogens is 392 g/mol.